The van der Waals surface area contributed by atoms with Crippen molar-refractivity contribution in [2.75, 3.05) is 6.54 Å². The molecule has 1 nitrogen and oxygen atoms in total. The first-order valence-electron chi connectivity index (χ1n) is 5.63. The van der Waals surface area contributed by atoms with E-state index in [-0.39, 0.29) is 0 Å². The van der Waals surface area contributed by atoms with Crippen LogP contribution in [0.2, 0.25) is 0 Å². The summed E-state index contributed by atoms with van der Waals surface area (Å²) in [7, 11) is 0. The van der Waals surface area contributed by atoms with Gasteiger partial charge < -0.3 is 5.32 Å². The van der Waals surface area contributed by atoms with Crippen LogP contribution in [0.3, 0.4) is 0 Å². The van der Waals surface area contributed by atoms with Crippen LogP contribution in [0.4, 0.5) is 0 Å². The molecule has 0 unspecified atom stereocenters. The van der Waals surface area contributed by atoms with E-state index in [9.17, 15) is 0 Å². The summed E-state index contributed by atoms with van der Waals surface area (Å²) >= 11 is 0. The Hall–Kier alpha value is -0.0400. The van der Waals surface area contributed by atoms with E-state index in [2.05, 4.69) is 12.2 Å². The van der Waals surface area contributed by atoms with Crippen LogP contribution in [-0.2, 0) is 0 Å². The van der Waals surface area contributed by atoms with Crippen molar-refractivity contribution in [1.29, 1.82) is 0 Å². The van der Waals surface area contributed by atoms with E-state index < -0.39 is 0 Å². The van der Waals surface area contributed by atoms with Crippen LogP contribution in [0, 0.1) is 11.8 Å². The fourth-order valence-electron chi connectivity index (χ4n) is 2.26. The highest BCUT2D eigenvalue weighted by atomic mass is 14.9. The number of unbranched alkanes of at least 4 members (excludes halogenated alkanes) is 1. The maximum absolute atomic E-state index is 3.63. The average molecular weight is 167 g/mol. The molecule has 1 N–H and O–H groups in total. The minimum atomic E-state index is 0.891. The second-order valence-electron chi connectivity index (χ2n) is 4.57. The highest BCUT2D eigenvalue weighted by molar-refractivity contribution is 4.93. The first-order chi connectivity index (χ1) is 5.90. The Morgan fingerprint density at radius 1 is 1.17 bits per heavy atom. The molecule has 0 atom stereocenters. The molecule has 0 aromatic rings. The minimum absolute atomic E-state index is 0.891. The molecule has 12 heavy (non-hydrogen) atoms. The number of rotatable bonds is 5. The van der Waals surface area contributed by atoms with Crippen LogP contribution < -0.4 is 5.32 Å². The monoisotopic (exact) mass is 167 g/mol. The molecule has 2 saturated carbocycles. The molecule has 0 aromatic carbocycles. The van der Waals surface area contributed by atoms with Crippen LogP contribution in [-0.4, -0.2) is 12.6 Å². The second kappa shape index (κ2) is 3.78. The maximum atomic E-state index is 3.63. The van der Waals surface area contributed by atoms with Crippen LogP contribution >= 0.6 is 0 Å². The minimum Gasteiger partial charge on any atom is -0.314 e. The SMILES string of the molecule is CCCCNC1CC(C2CC2)C1. The van der Waals surface area contributed by atoms with Gasteiger partial charge in [-0.2, -0.15) is 0 Å². The van der Waals surface area contributed by atoms with Gasteiger partial charge in [-0.25, -0.2) is 0 Å². The molecule has 0 amide bonds. The fraction of sp³-hybridized carbons (Fsp3) is 1.00. The number of hydrogen-bond donors (Lipinski definition) is 1. The van der Waals surface area contributed by atoms with E-state index in [1.54, 1.807) is 0 Å². The Morgan fingerprint density at radius 3 is 2.50 bits per heavy atom. The van der Waals surface area contributed by atoms with E-state index >= 15 is 0 Å². The summed E-state index contributed by atoms with van der Waals surface area (Å²) in [6.07, 6.45) is 8.71. The zero-order chi connectivity index (χ0) is 8.39. The van der Waals surface area contributed by atoms with Crippen LogP contribution in [0.15, 0.2) is 0 Å². The molecule has 0 heterocycles. The van der Waals surface area contributed by atoms with Gasteiger partial charge in [0.2, 0.25) is 0 Å². The van der Waals surface area contributed by atoms with E-state index in [0.29, 0.717) is 0 Å². The molecule has 0 spiro atoms. The lowest BCUT2D eigenvalue weighted by molar-refractivity contribution is 0.197. The Labute approximate surface area is 75.9 Å². The molecular weight excluding hydrogens is 146 g/mol. The van der Waals surface area contributed by atoms with Gasteiger partial charge in [0.25, 0.3) is 0 Å². The average Bonchev–Trinajstić information content (AvgIpc) is 2.76. The van der Waals surface area contributed by atoms with Crippen molar-refractivity contribution in [1.82, 2.24) is 5.32 Å². The van der Waals surface area contributed by atoms with Crippen molar-refractivity contribution in [3.05, 3.63) is 0 Å². The van der Waals surface area contributed by atoms with E-state index in [1.165, 1.54) is 45.1 Å². The van der Waals surface area contributed by atoms with Crippen molar-refractivity contribution in [3.63, 3.8) is 0 Å². The Kier molecular flexibility index (Phi) is 2.69. The van der Waals surface area contributed by atoms with Crippen LogP contribution in [0.5, 0.6) is 0 Å². The van der Waals surface area contributed by atoms with Gasteiger partial charge in [-0.15, -0.1) is 0 Å². The summed E-state index contributed by atoms with van der Waals surface area (Å²) in [6.45, 7) is 3.51. The zero-order valence-electron chi connectivity index (χ0n) is 8.18. The third-order valence-electron chi connectivity index (χ3n) is 3.43. The third kappa shape index (κ3) is 2.01. The highest BCUT2D eigenvalue weighted by Crippen LogP contribution is 2.46. The highest BCUT2D eigenvalue weighted by Gasteiger charge is 2.39. The Balaban J connectivity index is 1.50. The molecular formula is C11H21N. The zero-order valence-corrected chi connectivity index (χ0v) is 8.18. The summed E-state index contributed by atoms with van der Waals surface area (Å²) in [5, 5.41) is 3.63. The van der Waals surface area contributed by atoms with Gasteiger partial charge >= 0.3 is 0 Å². The Morgan fingerprint density at radius 2 is 1.92 bits per heavy atom. The van der Waals surface area contributed by atoms with Crippen LogP contribution in [0.1, 0.15) is 45.4 Å². The van der Waals surface area contributed by atoms with E-state index in [4.69, 9.17) is 0 Å². The molecule has 2 aliphatic rings. The smallest absolute Gasteiger partial charge is 0.00725 e. The lowest BCUT2D eigenvalue weighted by Gasteiger charge is -2.36. The van der Waals surface area contributed by atoms with E-state index in [1.807, 2.05) is 0 Å². The quantitative estimate of drug-likeness (QED) is 0.621. The fourth-order valence-corrected chi connectivity index (χ4v) is 2.26. The van der Waals surface area contributed by atoms with E-state index in [0.717, 1.165) is 17.9 Å². The van der Waals surface area contributed by atoms with Gasteiger partial charge in [-0.05, 0) is 50.5 Å². The summed E-state index contributed by atoms with van der Waals surface area (Å²) in [4.78, 5) is 0. The molecule has 0 bridgehead atoms. The largest absolute Gasteiger partial charge is 0.314 e. The number of nitrogens with one attached hydrogen (secondary N) is 1. The van der Waals surface area contributed by atoms with Crippen molar-refractivity contribution in [3.8, 4) is 0 Å². The van der Waals surface area contributed by atoms with Gasteiger partial charge in [0, 0.05) is 6.04 Å². The van der Waals surface area contributed by atoms with Gasteiger partial charge in [0.1, 0.15) is 0 Å². The molecule has 0 radical (unpaired) electrons. The van der Waals surface area contributed by atoms with Crippen molar-refractivity contribution < 1.29 is 0 Å². The summed E-state index contributed by atoms with van der Waals surface area (Å²) in [5.41, 5.74) is 0. The standard InChI is InChI=1S/C11H21N/c1-2-3-6-12-11-7-10(8-11)9-4-5-9/h9-12H,2-8H2,1H3. The topological polar surface area (TPSA) is 12.0 Å². The lowest BCUT2D eigenvalue weighted by atomic mass is 9.77. The van der Waals surface area contributed by atoms with Gasteiger partial charge in [0.15, 0.2) is 0 Å². The summed E-state index contributed by atoms with van der Waals surface area (Å²) < 4.78 is 0. The van der Waals surface area contributed by atoms with Gasteiger partial charge in [-0.1, -0.05) is 13.3 Å². The number of hydrogen-bond acceptors (Lipinski definition) is 1. The van der Waals surface area contributed by atoms with Gasteiger partial charge in [0.05, 0.1) is 0 Å². The summed E-state index contributed by atoms with van der Waals surface area (Å²) in [6, 6.07) is 0.891. The first-order valence-corrected chi connectivity index (χ1v) is 5.63. The maximum Gasteiger partial charge on any atom is 0.00725 e. The predicted octanol–water partition coefficient (Wildman–Crippen LogP) is 2.56. The Bertz CT molecular complexity index is 134. The van der Waals surface area contributed by atoms with Crippen molar-refractivity contribution >= 4 is 0 Å². The normalized spacial score (nSPS) is 34.8. The molecule has 2 fully saturated rings. The predicted molar refractivity (Wildman–Crippen MR) is 52.1 cm³/mol. The van der Waals surface area contributed by atoms with Crippen molar-refractivity contribution in [2.45, 2.75) is 51.5 Å². The molecule has 0 aliphatic heterocycles. The van der Waals surface area contributed by atoms with Crippen molar-refractivity contribution in [2.24, 2.45) is 11.8 Å². The molecule has 70 valence electrons. The molecule has 2 aliphatic carbocycles. The first kappa shape index (κ1) is 8.55. The second-order valence-corrected chi connectivity index (χ2v) is 4.57. The molecule has 2 rings (SSSR count). The summed E-state index contributed by atoms with van der Waals surface area (Å²) in [5.74, 6) is 2.26. The molecule has 1 heteroatoms. The van der Waals surface area contributed by atoms with Crippen LogP contribution in [0.25, 0.3) is 0 Å². The molecule has 0 saturated heterocycles. The molecule has 0 aromatic heterocycles. The lowest BCUT2D eigenvalue weighted by Crippen LogP contribution is -2.42. The third-order valence-corrected chi connectivity index (χ3v) is 3.43. The van der Waals surface area contributed by atoms with Gasteiger partial charge in [-0.3, -0.25) is 0 Å².